The third kappa shape index (κ3) is 2.57. The van der Waals surface area contributed by atoms with Crippen molar-refractivity contribution in [1.29, 1.82) is 0 Å². The first-order valence-electron chi connectivity index (χ1n) is 7.60. The monoisotopic (exact) mass is 369 g/mol. The molecule has 0 saturated carbocycles. The van der Waals surface area contributed by atoms with E-state index < -0.39 is 41.7 Å². The average molecular weight is 370 g/mol. The van der Waals surface area contributed by atoms with Crippen LogP contribution in [0.15, 0.2) is 12.7 Å². The molecule has 0 aliphatic carbocycles. The predicted octanol–water partition coefficient (Wildman–Crippen LogP) is -0.0477. The minimum absolute atomic E-state index is 0.231. The number of imidazole rings is 1. The number of aromatic nitrogens is 4. The fourth-order valence-electron chi connectivity index (χ4n) is 3.27. The first-order valence-corrected chi connectivity index (χ1v) is 7.98. The zero-order chi connectivity index (χ0) is 17.9. The minimum Gasteiger partial charge on any atom is -0.382 e. The first kappa shape index (κ1) is 16.6. The van der Waals surface area contributed by atoms with Gasteiger partial charge in [-0.15, -0.1) is 0 Å². The van der Waals surface area contributed by atoms with Crippen molar-refractivity contribution in [3.05, 3.63) is 12.7 Å². The van der Waals surface area contributed by atoms with Gasteiger partial charge >= 0.3 is 0 Å². The highest BCUT2D eigenvalue weighted by Gasteiger charge is 2.58. The topological polar surface area (TPSA) is 135 Å². The molecule has 0 aromatic carbocycles. The molecular formula is C14H16ClN5O5. The van der Waals surface area contributed by atoms with Crippen molar-refractivity contribution in [3.8, 4) is 0 Å². The highest BCUT2D eigenvalue weighted by molar-refractivity contribution is 6.64. The molecule has 0 spiro atoms. The van der Waals surface area contributed by atoms with Gasteiger partial charge in [-0.05, 0) is 25.4 Å². The van der Waals surface area contributed by atoms with Gasteiger partial charge in [-0.2, -0.15) is 0 Å². The maximum absolute atomic E-state index is 11.4. The Hall–Kier alpha value is -1.85. The zero-order valence-corrected chi connectivity index (χ0v) is 14.1. The molecule has 11 heteroatoms. The van der Waals surface area contributed by atoms with Gasteiger partial charge in [0.25, 0.3) is 5.24 Å². The van der Waals surface area contributed by atoms with Crippen LogP contribution in [0.25, 0.3) is 11.2 Å². The molecule has 134 valence electrons. The van der Waals surface area contributed by atoms with Crippen LogP contribution in [0.5, 0.6) is 0 Å². The highest BCUT2D eigenvalue weighted by Crippen LogP contribution is 2.44. The summed E-state index contributed by atoms with van der Waals surface area (Å²) in [6.45, 7) is 3.47. The molecule has 3 N–H and O–H groups in total. The minimum atomic E-state index is -1.55. The molecule has 2 fully saturated rings. The van der Waals surface area contributed by atoms with Crippen LogP contribution < -0.4 is 5.73 Å². The van der Waals surface area contributed by atoms with E-state index in [1.807, 2.05) is 0 Å². The van der Waals surface area contributed by atoms with E-state index in [9.17, 15) is 9.90 Å². The lowest BCUT2D eigenvalue weighted by molar-refractivity contribution is -0.206. The lowest BCUT2D eigenvalue weighted by atomic mass is 10.1. The number of hydrogen-bond acceptors (Lipinski definition) is 9. The number of rotatable bonds is 3. The Balaban J connectivity index is 1.76. The maximum Gasteiger partial charge on any atom is 0.253 e. The van der Waals surface area contributed by atoms with E-state index in [0.29, 0.717) is 11.2 Å². The van der Waals surface area contributed by atoms with Crippen LogP contribution in [0.1, 0.15) is 20.1 Å². The fraction of sp³-hybridized carbons (Fsp3) is 0.571. The van der Waals surface area contributed by atoms with Crippen molar-refractivity contribution in [3.63, 3.8) is 0 Å². The molecule has 5 atom stereocenters. The molecular weight excluding hydrogens is 354 g/mol. The van der Waals surface area contributed by atoms with E-state index in [1.165, 1.54) is 12.7 Å². The van der Waals surface area contributed by atoms with E-state index in [-0.39, 0.29) is 5.82 Å². The molecule has 1 unspecified atom stereocenters. The van der Waals surface area contributed by atoms with Crippen LogP contribution in [0.4, 0.5) is 5.82 Å². The van der Waals surface area contributed by atoms with Gasteiger partial charge in [-0.25, -0.2) is 15.0 Å². The summed E-state index contributed by atoms with van der Waals surface area (Å²) in [6, 6.07) is 0. The Labute approximate surface area is 146 Å². The van der Waals surface area contributed by atoms with Gasteiger partial charge in [0.1, 0.15) is 30.2 Å². The van der Waals surface area contributed by atoms with Gasteiger partial charge in [0.2, 0.25) is 0 Å². The Kier molecular flexibility index (Phi) is 3.71. The van der Waals surface area contributed by atoms with Gasteiger partial charge < -0.3 is 25.1 Å². The summed E-state index contributed by atoms with van der Waals surface area (Å²) in [5.41, 5.74) is 6.66. The molecule has 4 rings (SSSR count). The number of halogens is 1. The molecule has 0 radical (unpaired) electrons. The van der Waals surface area contributed by atoms with Gasteiger partial charge in [-0.1, -0.05) is 0 Å². The van der Waals surface area contributed by atoms with Crippen molar-refractivity contribution in [2.24, 2.45) is 0 Å². The van der Waals surface area contributed by atoms with Crippen LogP contribution in [0.3, 0.4) is 0 Å². The van der Waals surface area contributed by atoms with Crippen molar-refractivity contribution < 1.29 is 24.1 Å². The lowest BCUT2D eigenvalue weighted by Crippen LogP contribution is -2.41. The summed E-state index contributed by atoms with van der Waals surface area (Å²) in [6.07, 6.45) is -1.75. The van der Waals surface area contributed by atoms with E-state index in [4.69, 9.17) is 31.5 Å². The second-order valence-corrected chi connectivity index (χ2v) is 6.76. The molecule has 2 aliphatic heterocycles. The number of aliphatic hydroxyl groups is 1. The Morgan fingerprint density at radius 3 is 2.80 bits per heavy atom. The van der Waals surface area contributed by atoms with Crippen LogP contribution in [0, 0.1) is 0 Å². The van der Waals surface area contributed by atoms with E-state index >= 15 is 0 Å². The number of aliphatic hydroxyl groups excluding tert-OH is 1. The summed E-state index contributed by atoms with van der Waals surface area (Å²) < 4.78 is 19.2. The lowest BCUT2D eigenvalue weighted by Gasteiger charge is -2.25. The second-order valence-electron chi connectivity index (χ2n) is 6.39. The number of nitrogens with zero attached hydrogens (tertiary/aromatic N) is 4. The highest BCUT2D eigenvalue weighted by atomic mass is 35.5. The third-order valence-corrected chi connectivity index (χ3v) is 4.49. The normalized spacial score (nSPS) is 32.0. The van der Waals surface area contributed by atoms with E-state index in [0.717, 1.165) is 0 Å². The van der Waals surface area contributed by atoms with E-state index in [2.05, 4.69) is 15.0 Å². The van der Waals surface area contributed by atoms with Gasteiger partial charge in [0.15, 0.2) is 29.6 Å². The van der Waals surface area contributed by atoms with Crippen LogP contribution in [-0.4, -0.2) is 60.1 Å². The summed E-state index contributed by atoms with van der Waals surface area (Å²) in [7, 11) is 0. The van der Waals surface area contributed by atoms with Gasteiger partial charge in [-0.3, -0.25) is 9.36 Å². The van der Waals surface area contributed by atoms with Crippen molar-refractivity contribution in [1.82, 2.24) is 19.5 Å². The number of carbonyl (C=O) groups excluding carboxylic acids is 1. The first-order chi connectivity index (χ1) is 11.8. The Bertz CT molecular complexity index is 842. The molecule has 2 aromatic rings. The van der Waals surface area contributed by atoms with Crippen LogP contribution in [-0.2, 0) is 19.0 Å². The van der Waals surface area contributed by atoms with Crippen LogP contribution in [0.2, 0.25) is 0 Å². The largest absolute Gasteiger partial charge is 0.382 e. The van der Waals surface area contributed by atoms with Crippen molar-refractivity contribution >= 4 is 33.8 Å². The summed E-state index contributed by atoms with van der Waals surface area (Å²) in [4.78, 5) is 23.7. The SMILES string of the molecule is CC1(C)O[C@@H]2[C@H](O1)[C@@H](C(O)C(=O)Cl)O[C@H]2n1cnc2c(N)ncnc21. The van der Waals surface area contributed by atoms with E-state index in [1.54, 1.807) is 18.4 Å². The molecule has 2 saturated heterocycles. The molecule has 4 heterocycles. The fourth-order valence-corrected chi connectivity index (χ4v) is 3.40. The number of fused-ring (bicyclic) bond motifs is 2. The molecule has 0 bridgehead atoms. The summed E-state index contributed by atoms with van der Waals surface area (Å²) >= 11 is 5.44. The number of anilines is 1. The summed E-state index contributed by atoms with van der Waals surface area (Å²) in [5, 5.41) is 9.17. The smallest absolute Gasteiger partial charge is 0.253 e. The third-order valence-electron chi connectivity index (χ3n) is 4.27. The average Bonchev–Trinajstić information content (AvgIpc) is 3.17. The molecule has 2 aliphatic rings. The maximum atomic E-state index is 11.4. The Morgan fingerprint density at radius 1 is 1.36 bits per heavy atom. The number of nitrogens with two attached hydrogens (primary N) is 1. The van der Waals surface area contributed by atoms with Gasteiger partial charge in [0.05, 0.1) is 6.33 Å². The number of ether oxygens (including phenoxy) is 3. The second kappa shape index (κ2) is 5.58. The predicted molar refractivity (Wildman–Crippen MR) is 84.3 cm³/mol. The standard InChI is InChI=1S/C14H16ClN5O5/c1-14(2)24-8-7(6(21)10(15)22)23-13(9(8)25-14)20-4-19-5-11(16)17-3-18-12(5)20/h3-4,6-9,13,21H,1-2H3,(H2,16,17,18)/t6?,7-,8-,9-,13-/m1/s1. The Morgan fingerprint density at radius 2 is 2.08 bits per heavy atom. The molecule has 10 nitrogen and oxygen atoms in total. The van der Waals surface area contributed by atoms with Crippen LogP contribution >= 0.6 is 11.6 Å². The molecule has 25 heavy (non-hydrogen) atoms. The van der Waals surface area contributed by atoms with Crippen molar-refractivity contribution in [2.75, 3.05) is 5.73 Å². The molecule has 0 amide bonds. The van der Waals surface area contributed by atoms with Crippen molar-refractivity contribution in [2.45, 2.75) is 50.3 Å². The quantitative estimate of drug-likeness (QED) is 0.714. The zero-order valence-electron chi connectivity index (χ0n) is 13.4. The number of nitrogen functional groups attached to an aromatic ring is 1. The number of carbonyl (C=O) groups is 1. The van der Waals surface area contributed by atoms with Gasteiger partial charge in [0, 0.05) is 0 Å². The number of hydrogen-bond donors (Lipinski definition) is 2. The summed E-state index contributed by atoms with van der Waals surface area (Å²) in [5.74, 6) is -0.676. The molecule has 2 aromatic heterocycles.